The van der Waals surface area contributed by atoms with Gasteiger partial charge in [0.25, 0.3) is 0 Å². The van der Waals surface area contributed by atoms with Crippen molar-refractivity contribution in [3.05, 3.63) is 48.5 Å². The van der Waals surface area contributed by atoms with Gasteiger partial charge in [-0.15, -0.1) is 0 Å². The summed E-state index contributed by atoms with van der Waals surface area (Å²) in [6.45, 7) is 1.27. The molecular formula is C21H24F3N3O4S. The Morgan fingerprint density at radius 1 is 1.03 bits per heavy atom. The lowest BCUT2D eigenvalue weighted by Gasteiger charge is -2.17. The highest BCUT2D eigenvalue weighted by Gasteiger charge is 2.28. The summed E-state index contributed by atoms with van der Waals surface area (Å²) >= 11 is 0. The van der Waals surface area contributed by atoms with Crippen LogP contribution in [-0.4, -0.2) is 50.5 Å². The van der Waals surface area contributed by atoms with Gasteiger partial charge in [-0.05, 0) is 68.3 Å². The SMILES string of the molecule is CC(Nc1ccc(OCC(F)(F)F)cc1)C(=O)Nc1ccc(S(=O)(=O)N2CCCC2)cc1. The summed E-state index contributed by atoms with van der Waals surface area (Å²) < 4.78 is 67.8. The van der Waals surface area contributed by atoms with E-state index in [0.29, 0.717) is 24.5 Å². The summed E-state index contributed by atoms with van der Waals surface area (Å²) in [4.78, 5) is 12.6. The minimum Gasteiger partial charge on any atom is -0.484 e. The lowest BCUT2D eigenvalue weighted by molar-refractivity contribution is -0.153. The summed E-state index contributed by atoms with van der Waals surface area (Å²) in [7, 11) is -3.52. The average Bonchev–Trinajstić information content (AvgIpc) is 3.29. The van der Waals surface area contributed by atoms with Crippen molar-refractivity contribution >= 4 is 27.3 Å². The first kappa shape index (κ1) is 23.9. The fraction of sp³-hybridized carbons (Fsp3) is 0.381. The van der Waals surface area contributed by atoms with Crippen molar-refractivity contribution in [1.82, 2.24) is 4.31 Å². The average molecular weight is 472 g/mol. The van der Waals surface area contributed by atoms with Crippen molar-refractivity contribution in [3.63, 3.8) is 0 Å². The number of carbonyl (C=O) groups excluding carboxylic acids is 1. The van der Waals surface area contributed by atoms with Crippen LogP contribution in [0.5, 0.6) is 5.75 Å². The van der Waals surface area contributed by atoms with E-state index < -0.39 is 28.8 Å². The van der Waals surface area contributed by atoms with Crippen molar-refractivity contribution in [3.8, 4) is 5.75 Å². The molecule has 0 spiro atoms. The molecule has 1 heterocycles. The van der Waals surface area contributed by atoms with Crippen molar-refractivity contribution in [2.24, 2.45) is 0 Å². The number of anilines is 2. The molecular weight excluding hydrogens is 447 g/mol. The first-order chi connectivity index (χ1) is 15.0. The molecule has 3 rings (SSSR count). The number of hydrogen-bond donors (Lipinski definition) is 2. The molecule has 0 aromatic heterocycles. The maximum absolute atomic E-state index is 12.6. The van der Waals surface area contributed by atoms with Gasteiger partial charge in [-0.3, -0.25) is 4.79 Å². The largest absolute Gasteiger partial charge is 0.484 e. The Kier molecular flexibility index (Phi) is 7.29. The Labute approximate surface area is 184 Å². The van der Waals surface area contributed by atoms with Crippen molar-refractivity contribution < 1.29 is 31.1 Å². The van der Waals surface area contributed by atoms with E-state index in [1.165, 1.54) is 52.8 Å². The molecule has 1 saturated heterocycles. The Morgan fingerprint density at radius 2 is 1.59 bits per heavy atom. The highest BCUT2D eigenvalue weighted by atomic mass is 32.2. The molecule has 1 aliphatic heterocycles. The molecule has 0 bridgehead atoms. The summed E-state index contributed by atoms with van der Waals surface area (Å²) in [5.41, 5.74) is 0.971. The molecule has 1 atom stereocenters. The fourth-order valence-corrected chi connectivity index (χ4v) is 4.68. The van der Waals surface area contributed by atoms with Crippen LogP contribution in [0.2, 0.25) is 0 Å². The second-order valence-electron chi connectivity index (χ2n) is 7.42. The number of ether oxygens (including phenoxy) is 1. The van der Waals surface area contributed by atoms with E-state index in [1.807, 2.05) is 0 Å². The van der Waals surface area contributed by atoms with E-state index in [0.717, 1.165) is 12.8 Å². The lowest BCUT2D eigenvalue weighted by atomic mass is 10.2. The first-order valence-electron chi connectivity index (χ1n) is 10.0. The molecule has 7 nitrogen and oxygen atoms in total. The summed E-state index contributed by atoms with van der Waals surface area (Å²) in [5, 5.41) is 5.64. The highest BCUT2D eigenvalue weighted by Crippen LogP contribution is 2.23. The quantitative estimate of drug-likeness (QED) is 0.611. The van der Waals surface area contributed by atoms with Gasteiger partial charge in [0, 0.05) is 24.5 Å². The van der Waals surface area contributed by atoms with Crippen LogP contribution in [0.3, 0.4) is 0 Å². The zero-order valence-corrected chi connectivity index (χ0v) is 18.2. The van der Waals surface area contributed by atoms with E-state index in [-0.39, 0.29) is 16.6 Å². The molecule has 0 radical (unpaired) electrons. The number of hydrogen-bond acceptors (Lipinski definition) is 5. The van der Waals surface area contributed by atoms with Crippen molar-refractivity contribution in [2.45, 2.75) is 36.9 Å². The number of nitrogens with one attached hydrogen (secondary N) is 2. The predicted octanol–water partition coefficient (Wildman–Crippen LogP) is 3.85. The number of alkyl halides is 3. The summed E-state index contributed by atoms with van der Waals surface area (Å²) in [6, 6.07) is 11.1. The maximum atomic E-state index is 12.6. The molecule has 1 amide bonds. The molecule has 174 valence electrons. The normalized spacial score (nSPS) is 15.9. The van der Waals surface area contributed by atoms with E-state index in [2.05, 4.69) is 15.4 Å². The first-order valence-corrected chi connectivity index (χ1v) is 11.5. The van der Waals surface area contributed by atoms with Gasteiger partial charge in [-0.1, -0.05) is 0 Å². The van der Waals surface area contributed by atoms with Crippen LogP contribution in [0, 0.1) is 0 Å². The molecule has 11 heteroatoms. The second-order valence-corrected chi connectivity index (χ2v) is 9.36. The minimum absolute atomic E-state index is 0.0638. The molecule has 0 saturated carbocycles. The monoisotopic (exact) mass is 471 g/mol. The van der Waals surface area contributed by atoms with Gasteiger partial charge in [0.2, 0.25) is 15.9 Å². The maximum Gasteiger partial charge on any atom is 0.422 e. The van der Waals surface area contributed by atoms with Crippen LogP contribution in [0.25, 0.3) is 0 Å². The Hall–Kier alpha value is -2.79. The van der Waals surface area contributed by atoms with E-state index in [1.54, 1.807) is 6.92 Å². The molecule has 32 heavy (non-hydrogen) atoms. The molecule has 1 unspecified atom stereocenters. The van der Waals surface area contributed by atoms with Crippen LogP contribution in [0.1, 0.15) is 19.8 Å². The smallest absolute Gasteiger partial charge is 0.422 e. The number of sulfonamides is 1. The summed E-state index contributed by atoms with van der Waals surface area (Å²) in [5.74, 6) is -0.300. The molecule has 2 aromatic carbocycles. The number of halogens is 3. The molecule has 2 aromatic rings. The van der Waals surface area contributed by atoms with Crippen LogP contribution in [-0.2, 0) is 14.8 Å². The highest BCUT2D eigenvalue weighted by molar-refractivity contribution is 7.89. The van der Waals surface area contributed by atoms with E-state index in [9.17, 15) is 26.4 Å². The zero-order valence-electron chi connectivity index (χ0n) is 17.4. The Bertz CT molecular complexity index is 1020. The van der Waals surface area contributed by atoms with Crippen LogP contribution >= 0.6 is 0 Å². The number of nitrogens with zero attached hydrogens (tertiary/aromatic N) is 1. The number of rotatable bonds is 8. The van der Waals surface area contributed by atoms with Gasteiger partial charge in [-0.2, -0.15) is 17.5 Å². The van der Waals surface area contributed by atoms with Crippen LogP contribution < -0.4 is 15.4 Å². The summed E-state index contributed by atoms with van der Waals surface area (Å²) in [6.07, 6.45) is -2.72. The standard InChI is InChI=1S/C21H24F3N3O4S/c1-15(25-16-4-8-18(9-5-16)31-14-21(22,23)24)20(28)26-17-6-10-19(11-7-17)32(29,30)27-12-2-3-13-27/h4-11,15,25H,2-3,12-14H2,1H3,(H,26,28). The van der Waals surface area contributed by atoms with E-state index >= 15 is 0 Å². The minimum atomic E-state index is -4.42. The van der Waals surface area contributed by atoms with Gasteiger partial charge in [-0.25, -0.2) is 8.42 Å². The molecule has 2 N–H and O–H groups in total. The zero-order chi connectivity index (χ0) is 23.4. The number of amides is 1. The second kappa shape index (κ2) is 9.78. The van der Waals surface area contributed by atoms with Crippen molar-refractivity contribution in [1.29, 1.82) is 0 Å². The van der Waals surface area contributed by atoms with Gasteiger partial charge >= 0.3 is 6.18 Å². The third kappa shape index (κ3) is 6.36. The van der Waals surface area contributed by atoms with Gasteiger partial charge < -0.3 is 15.4 Å². The Morgan fingerprint density at radius 3 is 2.16 bits per heavy atom. The van der Waals surface area contributed by atoms with Gasteiger partial charge in [0.05, 0.1) is 4.90 Å². The van der Waals surface area contributed by atoms with E-state index in [4.69, 9.17) is 0 Å². The third-order valence-electron chi connectivity index (χ3n) is 4.86. The molecule has 1 aliphatic rings. The van der Waals surface area contributed by atoms with Gasteiger partial charge in [0.1, 0.15) is 11.8 Å². The third-order valence-corrected chi connectivity index (χ3v) is 6.77. The number of benzene rings is 2. The van der Waals surface area contributed by atoms with Crippen LogP contribution in [0.15, 0.2) is 53.4 Å². The molecule has 1 fully saturated rings. The predicted molar refractivity (Wildman–Crippen MR) is 114 cm³/mol. The number of carbonyl (C=O) groups is 1. The molecule has 0 aliphatic carbocycles. The fourth-order valence-electron chi connectivity index (χ4n) is 3.17. The lowest BCUT2D eigenvalue weighted by Crippen LogP contribution is -2.32. The Balaban J connectivity index is 1.54. The van der Waals surface area contributed by atoms with Crippen molar-refractivity contribution in [2.75, 3.05) is 30.3 Å². The topological polar surface area (TPSA) is 87.7 Å². The van der Waals surface area contributed by atoms with Crippen LogP contribution in [0.4, 0.5) is 24.5 Å². The van der Waals surface area contributed by atoms with Gasteiger partial charge in [0.15, 0.2) is 6.61 Å².